The Labute approximate surface area is 176 Å². The topological polar surface area (TPSA) is 119 Å². The van der Waals surface area contributed by atoms with Crippen molar-refractivity contribution in [1.82, 2.24) is 29.5 Å². The predicted molar refractivity (Wildman–Crippen MR) is 101 cm³/mol. The van der Waals surface area contributed by atoms with Crippen molar-refractivity contribution < 1.29 is 28.2 Å². The fraction of sp³-hybridized carbons (Fsp3) is 0.167. The number of aromatic nitrogens is 6. The Morgan fingerprint density at radius 3 is 2.55 bits per heavy atom. The first kappa shape index (κ1) is 20.6. The largest absolute Gasteiger partial charge is 0.492 e. The van der Waals surface area contributed by atoms with Gasteiger partial charge in [-0.25, -0.2) is 14.5 Å². The van der Waals surface area contributed by atoms with E-state index >= 15 is 0 Å². The fourth-order valence-corrected chi connectivity index (χ4v) is 3.27. The van der Waals surface area contributed by atoms with Gasteiger partial charge in [-0.2, -0.15) is 28.4 Å². The summed E-state index contributed by atoms with van der Waals surface area (Å²) in [4.78, 5) is 19.1. The highest BCUT2D eigenvalue weighted by Crippen LogP contribution is 2.35. The van der Waals surface area contributed by atoms with E-state index in [1.807, 2.05) is 0 Å². The number of benzene rings is 1. The van der Waals surface area contributed by atoms with E-state index in [4.69, 9.17) is 16.7 Å². The third-order valence-corrected chi connectivity index (χ3v) is 4.76. The van der Waals surface area contributed by atoms with E-state index < -0.39 is 29.6 Å². The van der Waals surface area contributed by atoms with Crippen LogP contribution in [-0.2, 0) is 6.18 Å². The lowest BCUT2D eigenvalue weighted by Gasteiger charge is -2.17. The molecule has 0 bridgehead atoms. The Morgan fingerprint density at radius 2 is 1.90 bits per heavy atom. The van der Waals surface area contributed by atoms with Crippen LogP contribution >= 0.6 is 11.6 Å². The number of rotatable bonds is 4. The maximum Gasteiger partial charge on any atom is 0.416 e. The van der Waals surface area contributed by atoms with Crippen LogP contribution in [0.25, 0.3) is 17.0 Å². The second kappa shape index (κ2) is 7.23. The molecule has 0 aliphatic rings. The van der Waals surface area contributed by atoms with Gasteiger partial charge in [-0.05, 0) is 30.7 Å². The predicted octanol–water partition coefficient (Wildman–Crippen LogP) is 3.70. The number of halogens is 4. The van der Waals surface area contributed by atoms with E-state index in [0.29, 0.717) is 0 Å². The Hall–Kier alpha value is -3.67. The first-order valence-corrected chi connectivity index (χ1v) is 9.02. The van der Waals surface area contributed by atoms with Gasteiger partial charge < -0.3 is 10.2 Å². The number of aromatic carboxylic acids is 1. The zero-order chi connectivity index (χ0) is 22.5. The highest BCUT2D eigenvalue weighted by molar-refractivity contribution is 6.30. The molecular weight excluding hydrogens is 441 g/mol. The molecule has 2 N–H and O–H groups in total. The van der Waals surface area contributed by atoms with Crippen LogP contribution in [0.2, 0.25) is 5.02 Å². The number of aromatic hydroxyl groups is 1. The third-order valence-electron chi connectivity index (χ3n) is 4.55. The molecule has 1 aromatic carbocycles. The van der Waals surface area contributed by atoms with E-state index in [-0.39, 0.29) is 33.1 Å². The molecule has 0 amide bonds. The molecule has 31 heavy (non-hydrogen) atoms. The summed E-state index contributed by atoms with van der Waals surface area (Å²) in [6.07, 6.45) is -1.02. The summed E-state index contributed by atoms with van der Waals surface area (Å²) >= 11 is 5.87. The average Bonchev–Trinajstić information content (AvgIpc) is 3.34. The number of nitrogens with zero attached hydrogens (tertiary/aromatic N) is 6. The number of hydrogen-bond donors (Lipinski definition) is 2. The van der Waals surface area contributed by atoms with Gasteiger partial charge in [0.2, 0.25) is 5.88 Å². The van der Waals surface area contributed by atoms with Crippen LogP contribution in [0.4, 0.5) is 13.2 Å². The minimum atomic E-state index is -4.58. The third kappa shape index (κ3) is 3.77. The average molecular weight is 453 g/mol. The monoisotopic (exact) mass is 452 g/mol. The Kier molecular flexibility index (Phi) is 4.81. The zero-order valence-electron chi connectivity index (χ0n) is 15.5. The molecule has 9 nitrogen and oxygen atoms in total. The molecule has 4 rings (SSSR count). The first-order valence-electron chi connectivity index (χ1n) is 8.65. The lowest BCUT2D eigenvalue weighted by atomic mass is 10.0. The number of carboxylic acids is 1. The summed E-state index contributed by atoms with van der Waals surface area (Å²) in [5, 5.41) is 27.3. The molecule has 13 heteroatoms. The summed E-state index contributed by atoms with van der Waals surface area (Å²) < 4.78 is 41.8. The van der Waals surface area contributed by atoms with Crippen molar-refractivity contribution in [3.63, 3.8) is 0 Å². The number of hydrogen-bond acceptors (Lipinski definition) is 6. The summed E-state index contributed by atoms with van der Waals surface area (Å²) in [7, 11) is 0. The summed E-state index contributed by atoms with van der Waals surface area (Å²) in [6, 6.07) is 2.40. The van der Waals surface area contributed by atoms with Crippen molar-refractivity contribution in [2.24, 2.45) is 0 Å². The maximum absolute atomic E-state index is 13.1. The molecule has 0 saturated heterocycles. The van der Waals surface area contributed by atoms with E-state index in [1.54, 1.807) is 6.92 Å². The van der Waals surface area contributed by atoms with Crippen LogP contribution < -0.4 is 0 Å². The summed E-state index contributed by atoms with van der Waals surface area (Å²) in [6.45, 7) is 1.58. The quantitative estimate of drug-likeness (QED) is 0.484. The van der Waals surface area contributed by atoms with Gasteiger partial charge in [0, 0.05) is 11.2 Å². The van der Waals surface area contributed by atoms with Crippen molar-refractivity contribution >= 4 is 28.6 Å². The normalized spacial score (nSPS) is 12.9. The lowest BCUT2D eigenvalue weighted by molar-refractivity contribution is -0.137. The minimum Gasteiger partial charge on any atom is -0.492 e. The standard InChI is InChI=1S/C18H12ClF3N6O3/c1-8(9-2-11(18(20,21)22)4-12(19)3-9)28-14-13(6-24-28)25-17(26-15(14)29)27-7-10(5-23-27)16(30)31/h2-8H,1H3,(H,30,31)(H,25,26,29)/t8-/m0/s1. The van der Waals surface area contributed by atoms with E-state index in [2.05, 4.69) is 20.2 Å². The molecule has 0 aliphatic carbocycles. The fourth-order valence-electron chi connectivity index (χ4n) is 3.03. The SMILES string of the molecule is C[C@@H](c1cc(Cl)cc(C(F)(F)F)c1)n1ncc2nc(-n3cc(C(=O)O)cn3)nc(O)c21. The highest BCUT2D eigenvalue weighted by atomic mass is 35.5. The van der Waals surface area contributed by atoms with Crippen molar-refractivity contribution in [2.75, 3.05) is 0 Å². The number of carbonyl (C=O) groups is 1. The Balaban J connectivity index is 1.77. The molecule has 4 aromatic rings. The van der Waals surface area contributed by atoms with Gasteiger partial charge >= 0.3 is 12.1 Å². The molecule has 160 valence electrons. The van der Waals surface area contributed by atoms with Gasteiger partial charge in [-0.1, -0.05) is 11.6 Å². The van der Waals surface area contributed by atoms with Gasteiger partial charge in [0.15, 0.2) is 0 Å². The van der Waals surface area contributed by atoms with E-state index in [0.717, 1.165) is 23.0 Å². The van der Waals surface area contributed by atoms with Crippen LogP contribution in [-0.4, -0.2) is 45.7 Å². The second-order valence-electron chi connectivity index (χ2n) is 6.60. The lowest BCUT2D eigenvalue weighted by Crippen LogP contribution is -2.12. The van der Waals surface area contributed by atoms with Gasteiger partial charge in [0.05, 0.1) is 29.6 Å². The van der Waals surface area contributed by atoms with Gasteiger partial charge in [0.1, 0.15) is 11.0 Å². The maximum atomic E-state index is 13.1. The van der Waals surface area contributed by atoms with Crippen molar-refractivity contribution in [3.05, 3.63) is 58.5 Å². The van der Waals surface area contributed by atoms with Crippen molar-refractivity contribution in [3.8, 4) is 11.8 Å². The van der Waals surface area contributed by atoms with Crippen molar-refractivity contribution in [2.45, 2.75) is 19.1 Å². The van der Waals surface area contributed by atoms with Crippen LogP contribution in [0.3, 0.4) is 0 Å². The number of fused-ring (bicyclic) bond motifs is 1. The van der Waals surface area contributed by atoms with Crippen LogP contribution in [0, 0.1) is 0 Å². The Morgan fingerprint density at radius 1 is 1.16 bits per heavy atom. The molecule has 3 aromatic heterocycles. The van der Waals surface area contributed by atoms with Gasteiger partial charge in [-0.15, -0.1) is 0 Å². The zero-order valence-corrected chi connectivity index (χ0v) is 16.3. The number of carboxylic acid groups (broad SMARTS) is 1. The van der Waals surface area contributed by atoms with Crippen LogP contribution in [0.15, 0.2) is 36.8 Å². The number of alkyl halides is 3. The molecule has 0 saturated carbocycles. The molecule has 0 fully saturated rings. The van der Waals surface area contributed by atoms with Gasteiger partial charge in [-0.3, -0.25) is 4.68 Å². The molecule has 0 aliphatic heterocycles. The van der Waals surface area contributed by atoms with Crippen LogP contribution in [0.1, 0.15) is 34.5 Å². The molecule has 0 spiro atoms. The molecular formula is C18H12ClF3N6O3. The van der Waals surface area contributed by atoms with E-state index in [9.17, 15) is 23.1 Å². The van der Waals surface area contributed by atoms with Crippen molar-refractivity contribution in [1.29, 1.82) is 0 Å². The molecule has 3 heterocycles. The smallest absolute Gasteiger partial charge is 0.416 e. The van der Waals surface area contributed by atoms with Crippen LogP contribution in [0.5, 0.6) is 5.88 Å². The first-order chi connectivity index (χ1) is 14.5. The second-order valence-corrected chi connectivity index (χ2v) is 7.03. The molecule has 0 unspecified atom stereocenters. The molecule has 0 radical (unpaired) electrons. The summed E-state index contributed by atoms with van der Waals surface area (Å²) in [5.74, 6) is -1.81. The van der Waals surface area contributed by atoms with E-state index in [1.165, 1.54) is 23.1 Å². The Bertz CT molecular complexity index is 1320. The van der Waals surface area contributed by atoms with Gasteiger partial charge in [0.25, 0.3) is 5.95 Å². The highest BCUT2D eigenvalue weighted by Gasteiger charge is 2.32. The summed E-state index contributed by atoms with van der Waals surface area (Å²) in [5.41, 5.74) is -0.537. The minimum absolute atomic E-state index is 0.0791. The molecule has 1 atom stereocenters.